The van der Waals surface area contributed by atoms with Crippen molar-refractivity contribution in [2.45, 2.75) is 24.7 Å². The number of benzene rings is 9. The molecule has 0 atom stereocenters. The highest BCUT2D eigenvalue weighted by molar-refractivity contribution is 6.12. The second-order valence-corrected chi connectivity index (χ2v) is 16.8. The molecule has 0 amide bonds. The maximum atomic E-state index is 6.29. The lowest BCUT2D eigenvalue weighted by molar-refractivity contribution is 0.563. The van der Waals surface area contributed by atoms with Crippen molar-refractivity contribution in [2.75, 3.05) is 4.90 Å². The molecule has 10 aromatic rings. The van der Waals surface area contributed by atoms with Gasteiger partial charge in [0, 0.05) is 33.2 Å². The summed E-state index contributed by atoms with van der Waals surface area (Å²) in [6, 6.07) is 78.0. The number of anilines is 3. The Bertz CT molecular complexity index is 3230. The second-order valence-electron chi connectivity index (χ2n) is 16.8. The standard InChI is InChI=1S/C58H41NO/c1-57(2)49-21-9-11-23-51(49)58(52-24-12-10-22-50(52)57)48-20-8-6-17-45(48)46-36-35-43(37-53(46)58)59(41-31-27-39(28-32-41)38-15-4-3-5-16-38)42-33-29-40(30-34-42)44-19-14-26-55-56(44)47-18-7-13-25-54(47)60-55/h3-37H,1-2H3. The fourth-order valence-electron chi connectivity index (χ4n) is 10.7. The number of furan rings is 1. The number of hydrogen-bond donors (Lipinski definition) is 0. The highest BCUT2D eigenvalue weighted by Gasteiger charge is 2.53. The summed E-state index contributed by atoms with van der Waals surface area (Å²) >= 11 is 0. The van der Waals surface area contributed by atoms with E-state index in [0.29, 0.717) is 0 Å². The van der Waals surface area contributed by atoms with Gasteiger partial charge in [-0.3, -0.25) is 0 Å². The Balaban J connectivity index is 1.07. The zero-order valence-corrected chi connectivity index (χ0v) is 33.6. The van der Waals surface area contributed by atoms with Crippen molar-refractivity contribution in [3.63, 3.8) is 0 Å². The zero-order chi connectivity index (χ0) is 40.0. The molecular weight excluding hydrogens is 727 g/mol. The van der Waals surface area contributed by atoms with E-state index in [2.05, 4.69) is 219 Å². The van der Waals surface area contributed by atoms with Crippen LogP contribution in [0.15, 0.2) is 217 Å². The van der Waals surface area contributed by atoms with Crippen LogP contribution in [0.2, 0.25) is 0 Å². The van der Waals surface area contributed by atoms with E-state index in [1.165, 1.54) is 55.6 Å². The van der Waals surface area contributed by atoms with Crippen LogP contribution in [-0.2, 0) is 10.8 Å². The zero-order valence-electron chi connectivity index (χ0n) is 33.6. The van der Waals surface area contributed by atoms with Crippen LogP contribution in [-0.4, -0.2) is 0 Å². The predicted molar refractivity (Wildman–Crippen MR) is 249 cm³/mol. The van der Waals surface area contributed by atoms with Gasteiger partial charge in [0.1, 0.15) is 11.2 Å². The number of rotatable bonds is 5. The van der Waals surface area contributed by atoms with Gasteiger partial charge in [-0.1, -0.05) is 178 Å². The van der Waals surface area contributed by atoms with E-state index < -0.39 is 5.41 Å². The van der Waals surface area contributed by atoms with Crippen LogP contribution >= 0.6 is 0 Å². The molecule has 0 radical (unpaired) electrons. The first-order valence-corrected chi connectivity index (χ1v) is 20.9. The van der Waals surface area contributed by atoms with Crippen LogP contribution in [0.5, 0.6) is 0 Å². The molecule has 284 valence electrons. The average molecular weight is 768 g/mol. The molecule has 1 heterocycles. The normalized spacial score (nSPS) is 14.1. The minimum Gasteiger partial charge on any atom is -0.456 e. The first-order valence-electron chi connectivity index (χ1n) is 20.9. The van der Waals surface area contributed by atoms with Crippen LogP contribution < -0.4 is 4.90 Å². The quantitative estimate of drug-likeness (QED) is 0.173. The van der Waals surface area contributed by atoms with Crippen LogP contribution in [0.4, 0.5) is 17.1 Å². The molecule has 2 nitrogen and oxygen atoms in total. The Morgan fingerprint density at radius 1 is 0.350 bits per heavy atom. The number of nitrogens with zero attached hydrogens (tertiary/aromatic N) is 1. The Labute approximate surface area is 350 Å². The Morgan fingerprint density at radius 3 is 1.55 bits per heavy atom. The fourth-order valence-corrected chi connectivity index (χ4v) is 10.7. The van der Waals surface area contributed by atoms with E-state index in [9.17, 15) is 0 Å². The molecule has 0 unspecified atom stereocenters. The van der Waals surface area contributed by atoms with Crippen LogP contribution in [0.1, 0.15) is 47.2 Å². The number of para-hydroxylation sites is 1. The van der Waals surface area contributed by atoms with Crippen molar-refractivity contribution in [3.8, 4) is 33.4 Å². The number of fused-ring (bicyclic) bond motifs is 12. The van der Waals surface area contributed by atoms with E-state index in [1.54, 1.807) is 0 Å². The Morgan fingerprint density at radius 2 is 0.850 bits per heavy atom. The molecule has 2 aliphatic carbocycles. The molecule has 2 aliphatic rings. The summed E-state index contributed by atoms with van der Waals surface area (Å²) in [6.07, 6.45) is 0. The minimum atomic E-state index is -0.483. The van der Waals surface area contributed by atoms with Gasteiger partial charge in [-0.05, 0) is 115 Å². The van der Waals surface area contributed by atoms with E-state index in [1.807, 2.05) is 12.1 Å². The molecule has 60 heavy (non-hydrogen) atoms. The van der Waals surface area contributed by atoms with Crippen molar-refractivity contribution in [1.82, 2.24) is 0 Å². The molecular formula is C58H41NO. The molecule has 9 aromatic carbocycles. The van der Waals surface area contributed by atoms with Gasteiger partial charge < -0.3 is 9.32 Å². The van der Waals surface area contributed by atoms with Crippen molar-refractivity contribution in [2.24, 2.45) is 0 Å². The summed E-state index contributed by atoms with van der Waals surface area (Å²) < 4.78 is 6.29. The van der Waals surface area contributed by atoms with Crippen molar-refractivity contribution < 1.29 is 4.42 Å². The van der Waals surface area contributed by atoms with E-state index in [0.717, 1.165) is 50.1 Å². The monoisotopic (exact) mass is 767 g/mol. The summed E-state index contributed by atoms with van der Waals surface area (Å²) in [5.74, 6) is 0. The molecule has 0 aliphatic heterocycles. The van der Waals surface area contributed by atoms with Crippen LogP contribution in [0.3, 0.4) is 0 Å². The van der Waals surface area contributed by atoms with Gasteiger partial charge >= 0.3 is 0 Å². The smallest absolute Gasteiger partial charge is 0.136 e. The molecule has 1 aromatic heterocycles. The van der Waals surface area contributed by atoms with E-state index >= 15 is 0 Å². The van der Waals surface area contributed by atoms with Crippen molar-refractivity contribution in [3.05, 3.63) is 246 Å². The molecule has 0 fully saturated rings. The molecule has 12 rings (SSSR count). The summed E-state index contributed by atoms with van der Waals surface area (Å²) in [4.78, 5) is 2.42. The largest absolute Gasteiger partial charge is 0.456 e. The lowest BCUT2D eigenvalue weighted by Gasteiger charge is -2.46. The average Bonchev–Trinajstić information content (AvgIpc) is 3.83. The third-order valence-corrected chi connectivity index (χ3v) is 13.4. The fraction of sp³-hybridized carbons (Fsp3) is 0.0690. The first kappa shape index (κ1) is 34.6. The summed E-state index contributed by atoms with van der Waals surface area (Å²) in [5.41, 5.74) is 19.9. The predicted octanol–water partition coefficient (Wildman–Crippen LogP) is 15.4. The maximum Gasteiger partial charge on any atom is 0.136 e. The second kappa shape index (κ2) is 13.0. The van der Waals surface area contributed by atoms with Gasteiger partial charge in [0.15, 0.2) is 0 Å². The Hall–Kier alpha value is -7.42. The molecule has 1 spiro atoms. The highest BCUT2D eigenvalue weighted by Crippen LogP contribution is 2.62. The van der Waals surface area contributed by atoms with Crippen LogP contribution in [0.25, 0.3) is 55.3 Å². The van der Waals surface area contributed by atoms with E-state index in [4.69, 9.17) is 4.42 Å². The summed E-state index contributed by atoms with van der Waals surface area (Å²) in [5, 5.41) is 2.28. The van der Waals surface area contributed by atoms with Crippen molar-refractivity contribution in [1.29, 1.82) is 0 Å². The molecule has 0 saturated carbocycles. The van der Waals surface area contributed by atoms with Gasteiger partial charge in [-0.25, -0.2) is 0 Å². The van der Waals surface area contributed by atoms with E-state index in [-0.39, 0.29) is 5.41 Å². The van der Waals surface area contributed by atoms with Gasteiger partial charge in [-0.15, -0.1) is 0 Å². The lowest BCUT2D eigenvalue weighted by Crippen LogP contribution is -2.40. The van der Waals surface area contributed by atoms with Gasteiger partial charge in [0.2, 0.25) is 0 Å². The highest BCUT2D eigenvalue weighted by atomic mass is 16.3. The molecule has 2 heteroatoms. The van der Waals surface area contributed by atoms with Crippen molar-refractivity contribution >= 4 is 39.0 Å². The minimum absolute atomic E-state index is 0.158. The first-order chi connectivity index (χ1) is 29.5. The SMILES string of the molecule is CC1(C)c2ccccc2C2(c3ccccc3-c3ccc(N(c4ccc(-c5ccccc5)cc4)c4ccc(-c5cccc6oc7ccccc7c56)cc4)cc32)c2ccccc21. The number of hydrogen-bond acceptors (Lipinski definition) is 2. The Kier molecular flexibility index (Phi) is 7.52. The third kappa shape index (κ3) is 4.88. The maximum absolute atomic E-state index is 6.29. The third-order valence-electron chi connectivity index (χ3n) is 13.4. The summed E-state index contributed by atoms with van der Waals surface area (Å²) in [6.45, 7) is 4.77. The van der Waals surface area contributed by atoms with Gasteiger partial charge in [0.25, 0.3) is 0 Å². The topological polar surface area (TPSA) is 16.4 Å². The molecule has 0 saturated heterocycles. The molecule has 0 bridgehead atoms. The van der Waals surface area contributed by atoms with Gasteiger partial charge in [-0.2, -0.15) is 0 Å². The van der Waals surface area contributed by atoms with Gasteiger partial charge in [0.05, 0.1) is 5.41 Å². The summed E-state index contributed by atoms with van der Waals surface area (Å²) in [7, 11) is 0. The molecule has 0 N–H and O–H groups in total. The lowest BCUT2D eigenvalue weighted by atomic mass is 9.55. The van der Waals surface area contributed by atoms with Crippen LogP contribution in [0, 0.1) is 0 Å².